The number of rotatable bonds is 5. The molecular formula is C22H23N5O4S. The second-order valence-electron chi connectivity index (χ2n) is 7.27. The lowest BCUT2D eigenvalue weighted by Gasteiger charge is -2.32. The van der Waals surface area contributed by atoms with Gasteiger partial charge in [-0.05, 0) is 43.0 Å². The molecule has 0 saturated carbocycles. The van der Waals surface area contributed by atoms with E-state index in [0.29, 0.717) is 29.9 Å². The number of hydrogen-bond acceptors (Lipinski definition) is 6. The average Bonchev–Trinajstić information content (AvgIpc) is 2.78. The molecule has 9 nitrogen and oxygen atoms in total. The smallest absolute Gasteiger partial charge is 0.270 e. The molecule has 0 radical (unpaired) electrons. The maximum atomic E-state index is 12.9. The maximum Gasteiger partial charge on any atom is 0.270 e. The highest BCUT2D eigenvalue weighted by molar-refractivity contribution is 7.80. The van der Waals surface area contributed by atoms with Crippen molar-refractivity contribution in [1.29, 1.82) is 0 Å². The predicted molar refractivity (Wildman–Crippen MR) is 126 cm³/mol. The Kier molecular flexibility index (Phi) is 7.63. The summed E-state index contributed by atoms with van der Waals surface area (Å²) < 4.78 is 0. The van der Waals surface area contributed by atoms with E-state index in [2.05, 4.69) is 15.5 Å². The van der Waals surface area contributed by atoms with Crippen LogP contribution in [-0.2, 0) is 4.79 Å². The lowest BCUT2D eigenvalue weighted by Crippen LogP contribution is -2.47. The molecule has 0 atom stereocenters. The van der Waals surface area contributed by atoms with Crippen molar-refractivity contribution in [2.75, 3.05) is 38.5 Å². The lowest BCUT2D eigenvalue weighted by molar-refractivity contribution is -0.384. The number of non-ortho nitro benzene ring substituents is 1. The number of anilines is 1. The van der Waals surface area contributed by atoms with E-state index < -0.39 is 10.8 Å². The second kappa shape index (κ2) is 10.6. The number of piperazine rings is 1. The second-order valence-corrected chi connectivity index (χ2v) is 7.68. The van der Waals surface area contributed by atoms with Gasteiger partial charge in [0.05, 0.1) is 16.2 Å². The van der Waals surface area contributed by atoms with Crippen LogP contribution < -0.4 is 10.6 Å². The topological polar surface area (TPSA) is 108 Å². The monoisotopic (exact) mass is 453 g/mol. The van der Waals surface area contributed by atoms with Gasteiger partial charge < -0.3 is 15.1 Å². The summed E-state index contributed by atoms with van der Waals surface area (Å²) in [5, 5.41) is 16.3. The van der Waals surface area contributed by atoms with E-state index >= 15 is 0 Å². The minimum Gasteiger partial charge on any atom is -0.336 e. The molecule has 1 fully saturated rings. The zero-order valence-electron chi connectivity index (χ0n) is 17.5. The molecule has 2 aromatic carbocycles. The third kappa shape index (κ3) is 6.19. The van der Waals surface area contributed by atoms with Crippen molar-refractivity contribution in [3.8, 4) is 0 Å². The first-order valence-corrected chi connectivity index (χ1v) is 10.4. The molecule has 2 N–H and O–H groups in total. The van der Waals surface area contributed by atoms with E-state index in [9.17, 15) is 19.7 Å². The summed E-state index contributed by atoms with van der Waals surface area (Å²) in [5.41, 5.74) is 1.42. The molecule has 2 amide bonds. The van der Waals surface area contributed by atoms with Crippen molar-refractivity contribution in [3.05, 3.63) is 75.8 Å². The SMILES string of the molecule is CN1CCN(C(=O)c2ccccc2NC(=S)NC(=O)/C=C/c2cccc([N+](=O)[O-])c2)CC1. The van der Waals surface area contributed by atoms with Crippen LogP contribution in [0.5, 0.6) is 0 Å². The summed E-state index contributed by atoms with van der Waals surface area (Å²) in [6, 6.07) is 12.9. The summed E-state index contributed by atoms with van der Waals surface area (Å²) in [5.74, 6) is -0.599. The van der Waals surface area contributed by atoms with Crippen LogP contribution in [0.1, 0.15) is 15.9 Å². The summed E-state index contributed by atoms with van der Waals surface area (Å²) in [4.78, 5) is 39.4. The Hall–Kier alpha value is -3.63. The van der Waals surface area contributed by atoms with Crippen molar-refractivity contribution in [2.45, 2.75) is 0 Å². The highest BCUT2D eigenvalue weighted by Crippen LogP contribution is 2.18. The van der Waals surface area contributed by atoms with Gasteiger partial charge in [0.2, 0.25) is 5.91 Å². The molecule has 0 bridgehead atoms. The van der Waals surface area contributed by atoms with Gasteiger partial charge in [-0.1, -0.05) is 24.3 Å². The van der Waals surface area contributed by atoms with Gasteiger partial charge in [-0.3, -0.25) is 25.0 Å². The number of nitrogens with one attached hydrogen (secondary N) is 2. The number of carbonyl (C=O) groups is 2. The molecule has 1 saturated heterocycles. The number of amides is 2. The molecule has 3 rings (SSSR count). The molecule has 0 aliphatic carbocycles. The molecule has 0 aromatic heterocycles. The summed E-state index contributed by atoms with van der Waals surface area (Å²) >= 11 is 5.22. The summed E-state index contributed by atoms with van der Waals surface area (Å²) in [6.45, 7) is 2.92. The van der Waals surface area contributed by atoms with E-state index in [1.54, 1.807) is 35.2 Å². The van der Waals surface area contributed by atoms with E-state index in [0.717, 1.165) is 13.1 Å². The molecule has 1 aliphatic heterocycles. The highest BCUT2D eigenvalue weighted by Gasteiger charge is 2.22. The van der Waals surface area contributed by atoms with Crippen molar-refractivity contribution >= 4 is 46.6 Å². The van der Waals surface area contributed by atoms with Crippen LogP contribution in [0, 0.1) is 10.1 Å². The van der Waals surface area contributed by atoms with Gasteiger partial charge in [0.1, 0.15) is 0 Å². The molecule has 0 unspecified atom stereocenters. The van der Waals surface area contributed by atoms with E-state index in [4.69, 9.17) is 12.2 Å². The van der Waals surface area contributed by atoms with Crippen molar-refractivity contribution in [1.82, 2.24) is 15.1 Å². The zero-order chi connectivity index (χ0) is 23.1. The Bertz CT molecular complexity index is 1060. The third-order valence-electron chi connectivity index (χ3n) is 4.94. The molecule has 1 aliphatic rings. The zero-order valence-corrected chi connectivity index (χ0v) is 18.3. The van der Waals surface area contributed by atoms with Gasteiger partial charge in [-0.25, -0.2) is 0 Å². The Labute approximate surface area is 190 Å². The van der Waals surface area contributed by atoms with Crippen molar-refractivity contribution in [3.63, 3.8) is 0 Å². The van der Waals surface area contributed by atoms with Gasteiger partial charge in [0.15, 0.2) is 5.11 Å². The summed E-state index contributed by atoms with van der Waals surface area (Å²) in [7, 11) is 2.02. The van der Waals surface area contributed by atoms with Gasteiger partial charge in [-0.15, -0.1) is 0 Å². The first kappa shape index (κ1) is 23.0. The Balaban J connectivity index is 1.61. The predicted octanol–water partition coefficient (Wildman–Crippen LogP) is 2.51. The molecule has 2 aromatic rings. The molecular weight excluding hydrogens is 430 g/mol. The number of nitrogens with zero attached hydrogens (tertiary/aromatic N) is 3. The fraction of sp³-hybridized carbons (Fsp3) is 0.227. The molecule has 10 heteroatoms. The maximum absolute atomic E-state index is 12.9. The van der Waals surface area contributed by atoms with Crippen molar-refractivity contribution < 1.29 is 14.5 Å². The third-order valence-corrected chi connectivity index (χ3v) is 5.15. The van der Waals surface area contributed by atoms with Gasteiger partial charge in [0, 0.05) is 44.4 Å². The summed E-state index contributed by atoms with van der Waals surface area (Å²) in [6.07, 6.45) is 2.68. The minimum absolute atomic E-state index is 0.0392. The first-order valence-electron chi connectivity index (χ1n) is 9.95. The van der Waals surface area contributed by atoms with Crippen LogP contribution in [-0.4, -0.2) is 64.9 Å². The van der Waals surface area contributed by atoms with Crippen molar-refractivity contribution in [2.24, 2.45) is 0 Å². The van der Waals surface area contributed by atoms with Gasteiger partial charge in [0.25, 0.3) is 11.6 Å². The first-order chi connectivity index (χ1) is 15.3. The van der Waals surface area contributed by atoms with E-state index in [1.165, 1.54) is 30.4 Å². The molecule has 32 heavy (non-hydrogen) atoms. The standard InChI is InChI=1S/C22H23N5O4S/c1-25-11-13-26(14-12-25)21(29)18-7-2-3-8-19(18)23-22(32)24-20(28)10-9-16-5-4-6-17(15-16)27(30)31/h2-10,15H,11-14H2,1H3,(H2,23,24,28,32)/b10-9+. The molecule has 166 valence electrons. The van der Waals surface area contributed by atoms with Crippen LogP contribution in [0.2, 0.25) is 0 Å². The number of likely N-dealkylation sites (N-methyl/N-ethyl adjacent to an activating group) is 1. The number of carbonyl (C=O) groups excluding carboxylic acids is 2. The normalized spacial score (nSPS) is 14.2. The van der Waals surface area contributed by atoms with Gasteiger partial charge >= 0.3 is 0 Å². The van der Waals surface area contributed by atoms with Crippen LogP contribution in [0.15, 0.2) is 54.6 Å². The quantitative estimate of drug-likeness (QED) is 0.310. The fourth-order valence-corrected chi connectivity index (χ4v) is 3.39. The van der Waals surface area contributed by atoms with E-state index in [-0.39, 0.29) is 16.7 Å². The number of hydrogen-bond donors (Lipinski definition) is 2. The Morgan fingerprint density at radius 1 is 1.09 bits per heavy atom. The van der Waals surface area contributed by atoms with E-state index in [1.807, 2.05) is 7.05 Å². The Morgan fingerprint density at radius 3 is 2.53 bits per heavy atom. The fourth-order valence-electron chi connectivity index (χ4n) is 3.18. The van der Waals surface area contributed by atoms with Crippen LogP contribution in [0.25, 0.3) is 6.08 Å². The number of nitro groups is 1. The number of thiocarbonyl (C=S) groups is 1. The lowest BCUT2D eigenvalue weighted by atomic mass is 10.1. The van der Waals surface area contributed by atoms with Crippen LogP contribution in [0.3, 0.4) is 0 Å². The number of nitro benzene ring substituents is 1. The Morgan fingerprint density at radius 2 is 1.81 bits per heavy atom. The average molecular weight is 454 g/mol. The number of benzene rings is 2. The van der Waals surface area contributed by atoms with Crippen LogP contribution in [0.4, 0.5) is 11.4 Å². The largest absolute Gasteiger partial charge is 0.336 e. The molecule has 1 heterocycles. The number of para-hydroxylation sites is 1. The molecule has 0 spiro atoms. The van der Waals surface area contributed by atoms with Gasteiger partial charge in [-0.2, -0.15) is 0 Å². The minimum atomic E-state index is -0.503. The van der Waals surface area contributed by atoms with Crippen LogP contribution >= 0.6 is 12.2 Å². The highest BCUT2D eigenvalue weighted by atomic mass is 32.1.